The van der Waals surface area contributed by atoms with Gasteiger partial charge >= 0.3 is 0 Å². The Hall–Kier alpha value is -1.71. The second kappa shape index (κ2) is 5.39. The molecule has 0 radical (unpaired) electrons. The Balaban J connectivity index is 2.75. The molecule has 0 aliphatic heterocycles. The maximum Gasteiger partial charge on any atom is 0.269 e. The fraction of sp³-hybridized carbons (Fsp3) is 0.417. The van der Waals surface area contributed by atoms with E-state index in [9.17, 15) is 14.9 Å². The third-order valence-electron chi connectivity index (χ3n) is 2.70. The van der Waals surface area contributed by atoms with Gasteiger partial charge in [0.2, 0.25) is 0 Å². The lowest BCUT2D eigenvalue weighted by Crippen LogP contribution is -2.12. The minimum Gasteiger partial charge on any atom is -0.300 e. The average Bonchev–Trinajstić information content (AvgIpc) is 2.26. The minimum absolute atomic E-state index is 0.0152. The van der Waals surface area contributed by atoms with Crippen LogP contribution in [0.5, 0.6) is 0 Å². The van der Waals surface area contributed by atoms with Crippen LogP contribution in [0.1, 0.15) is 25.8 Å². The first kappa shape index (κ1) is 12.4. The fourth-order valence-corrected chi connectivity index (χ4v) is 1.61. The summed E-state index contributed by atoms with van der Waals surface area (Å²) in [4.78, 5) is 21.3. The summed E-state index contributed by atoms with van der Waals surface area (Å²) in [5.74, 6) is 0.183. The van der Waals surface area contributed by atoms with E-state index in [1.54, 1.807) is 19.1 Å². The quantitative estimate of drug-likeness (QED) is 0.567. The zero-order valence-corrected chi connectivity index (χ0v) is 9.47. The predicted molar refractivity (Wildman–Crippen MR) is 61.3 cm³/mol. The molecule has 16 heavy (non-hydrogen) atoms. The zero-order chi connectivity index (χ0) is 12.1. The second-order valence-electron chi connectivity index (χ2n) is 3.84. The molecule has 4 heteroatoms. The van der Waals surface area contributed by atoms with Gasteiger partial charge in [0, 0.05) is 18.1 Å². The summed E-state index contributed by atoms with van der Waals surface area (Å²) in [6.07, 6.45) is 1.45. The predicted octanol–water partition coefficient (Wildman–Crippen LogP) is 2.75. The van der Waals surface area contributed by atoms with Crippen molar-refractivity contribution in [2.45, 2.75) is 26.7 Å². The molecule has 0 aromatic heterocycles. The largest absolute Gasteiger partial charge is 0.300 e. The summed E-state index contributed by atoms with van der Waals surface area (Å²) in [5, 5.41) is 10.5. The van der Waals surface area contributed by atoms with Crippen LogP contribution in [0.15, 0.2) is 24.3 Å². The third kappa shape index (κ3) is 3.15. The first-order chi connectivity index (χ1) is 7.54. The highest BCUT2D eigenvalue weighted by molar-refractivity contribution is 5.78. The Morgan fingerprint density at radius 1 is 1.38 bits per heavy atom. The van der Waals surface area contributed by atoms with Crippen LogP contribution in [0, 0.1) is 16.0 Å². The summed E-state index contributed by atoms with van der Waals surface area (Å²) in [6.45, 7) is 3.55. The molecular weight excluding hydrogens is 206 g/mol. The van der Waals surface area contributed by atoms with Gasteiger partial charge in [-0.1, -0.05) is 19.1 Å². The molecule has 0 aliphatic rings. The van der Waals surface area contributed by atoms with Gasteiger partial charge in [0.25, 0.3) is 5.69 Å². The third-order valence-corrected chi connectivity index (χ3v) is 2.70. The number of carbonyl (C=O) groups is 1. The van der Waals surface area contributed by atoms with Crippen LogP contribution in [-0.4, -0.2) is 10.7 Å². The molecule has 0 bridgehead atoms. The Morgan fingerprint density at radius 2 is 1.94 bits per heavy atom. The van der Waals surface area contributed by atoms with E-state index in [1.807, 2.05) is 6.92 Å². The zero-order valence-electron chi connectivity index (χ0n) is 9.47. The van der Waals surface area contributed by atoms with Gasteiger partial charge in [0.05, 0.1) is 4.92 Å². The number of benzene rings is 1. The van der Waals surface area contributed by atoms with E-state index in [1.165, 1.54) is 12.1 Å². The van der Waals surface area contributed by atoms with Crippen LogP contribution < -0.4 is 0 Å². The van der Waals surface area contributed by atoms with Gasteiger partial charge in [-0.05, 0) is 25.3 Å². The molecule has 1 atom stereocenters. The van der Waals surface area contributed by atoms with E-state index in [-0.39, 0.29) is 17.4 Å². The Kier molecular flexibility index (Phi) is 4.17. The van der Waals surface area contributed by atoms with Crippen LogP contribution in [0.3, 0.4) is 0 Å². The second-order valence-corrected chi connectivity index (χ2v) is 3.84. The number of non-ortho nitro benzene ring substituents is 1. The molecule has 0 spiro atoms. The van der Waals surface area contributed by atoms with Crippen molar-refractivity contribution in [3.8, 4) is 0 Å². The Bertz CT molecular complexity index is 384. The van der Waals surface area contributed by atoms with Crippen molar-refractivity contribution in [3.05, 3.63) is 39.9 Å². The van der Waals surface area contributed by atoms with Crippen LogP contribution in [0.25, 0.3) is 0 Å². The molecule has 0 amide bonds. The molecule has 0 fully saturated rings. The van der Waals surface area contributed by atoms with Gasteiger partial charge in [0.1, 0.15) is 5.78 Å². The summed E-state index contributed by atoms with van der Waals surface area (Å²) < 4.78 is 0. The number of carbonyl (C=O) groups excluding carboxylic acids is 1. The highest BCUT2D eigenvalue weighted by Crippen LogP contribution is 2.17. The summed E-state index contributed by atoms with van der Waals surface area (Å²) in [6, 6.07) is 6.37. The standard InChI is InChI=1S/C12H15NO3/c1-3-11(9(2)14)8-10-4-6-12(7-5-10)13(15)16/h4-7,11H,3,8H2,1-2H3. The van der Waals surface area contributed by atoms with Gasteiger partial charge in [-0.25, -0.2) is 0 Å². The van der Waals surface area contributed by atoms with Crippen molar-refractivity contribution in [1.29, 1.82) is 0 Å². The monoisotopic (exact) mass is 221 g/mol. The molecule has 0 heterocycles. The molecule has 4 nitrogen and oxygen atoms in total. The Morgan fingerprint density at radius 3 is 2.31 bits per heavy atom. The molecule has 0 aliphatic carbocycles. The number of Topliss-reactive ketones (excluding diaryl/α,β-unsaturated/α-hetero) is 1. The van der Waals surface area contributed by atoms with Crippen LogP contribution in [-0.2, 0) is 11.2 Å². The van der Waals surface area contributed by atoms with Crippen LogP contribution >= 0.6 is 0 Å². The molecule has 86 valence electrons. The number of rotatable bonds is 5. The molecule has 0 saturated carbocycles. The summed E-state index contributed by atoms with van der Waals surface area (Å²) >= 11 is 0. The molecular formula is C12H15NO3. The van der Waals surface area contributed by atoms with Crippen molar-refractivity contribution in [3.63, 3.8) is 0 Å². The first-order valence-electron chi connectivity index (χ1n) is 5.28. The fourth-order valence-electron chi connectivity index (χ4n) is 1.61. The average molecular weight is 221 g/mol. The lowest BCUT2D eigenvalue weighted by molar-refractivity contribution is -0.384. The van der Waals surface area contributed by atoms with Crippen molar-refractivity contribution < 1.29 is 9.72 Å². The number of nitrogens with zero attached hydrogens (tertiary/aromatic N) is 1. The number of nitro groups is 1. The first-order valence-corrected chi connectivity index (χ1v) is 5.28. The highest BCUT2D eigenvalue weighted by atomic mass is 16.6. The normalized spacial score (nSPS) is 12.1. The number of ketones is 1. The number of nitro benzene ring substituents is 1. The topological polar surface area (TPSA) is 60.2 Å². The van der Waals surface area contributed by atoms with E-state index in [0.29, 0.717) is 6.42 Å². The van der Waals surface area contributed by atoms with Gasteiger partial charge in [-0.3, -0.25) is 14.9 Å². The van der Waals surface area contributed by atoms with Crippen molar-refractivity contribution in [1.82, 2.24) is 0 Å². The van der Waals surface area contributed by atoms with Gasteiger partial charge < -0.3 is 0 Å². The lowest BCUT2D eigenvalue weighted by Gasteiger charge is -2.10. The molecule has 1 aromatic rings. The summed E-state index contributed by atoms with van der Waals surface area (Å²) in [5.41, 5.74) is 1.05. The molecule has 1 aromatic carbocycles. The smallest absolute Gasteiger partial charge is 0.269 e. The van der Waals surface area contributed by atoms with E-state index in [4.69, 9.17) is 0 Å². The van der Waals surface area contributed by atoms with Gasteiger partial charge in [-0.2, -0.15) is 0 Å². The van der Waals surface area contributed by atoms with Gasteiger partial charge in [0.15, 0.2) is 0 Å². The molecule has 0 N–H and O–H groups in total. The van der Waals surface area contributed by atoms with Gasteiger partial charge in [-0.15, -0.1) is 0 Å². The van der Waals surface area contributed by atoms with Crippen LogP contribution in [0.4, 0.5) is 5.69 Å². The molecule has 1 unspecified atom stereocenters. The number of hydrogen-bond donors (Lipinski definition) is 0. The van der Waals surface area contributed by atoms with Crippen molar-refractivity contribution in [2.75, 3.05) is 0 Å². The van der Waals surface area contributed by atoms with Crippen molar-refractivity contribution in [2.24, 2.45) is 5.92 Å². The molecule has 0 saturated heterocycles. The maximum absolute atomic E-state index is 11.2. The van der Waals surface area contributed by atoms with E-state index < -0.39 is 4.92 Å². The number of hydrogen-bond acceptors (Lipinski definition) is 3. The lowest BCUT2D eigenvalue weighted by atomic mass is 9.94. The maximum atomic E-state index is 11.2. The molecule has 1 rings (SSSR count). The minimum atomic E-state index is -0.425. The van der Waals surface area contributed by atoms with Crippen molar-refractivity contribution >= 4 is 11.5 Å². The van der Waals surface area contributed by atoms with E-state index in [2.05, 4.69) is 0 Å². The Labute approximate surface area is 94.4 Å². The SMILES string of the molecule is CCC(Cc1ccc([N+](=O)[O-])cc1)C(C)=O. The summed E-state index contributed by atoms with van der Waals surface area (Å²) in [7, 11) is 0. The van der Waals surface area contributed by atoms with E-state index in [0.717, 1.165) is 12.0 Å². The highest BCUT2D eigenvalue weighted by Gasteiger charge is 2.13. The van der Waals surface area contributed by atoms with E-state index >= 15 is 0 Å². The van der Waals surface area contributed by atoms with Crippen LogP contribution in [0.2, 0.25) is 0 Å².